The molecule has 66 heavy (non-hydrogen) atoms. The minimum absolute atomic E-state index is 1.09. The van der Waals surface area contributed by atoms with Crippen molar-refractivity contribution in [3.8, 4) is 50.2 Å². The molecule has 0 saturated heterocycles. The molecule has 0 radical (unpaired) electrons. The minimum atomic E-state index is 1.09. The zero-order valence-electron chi connectivity index (χ0n) is 36.6. The highest BCUT2D eigenvalue weighted by molar-refractivity contribution is 6.12. The number of fused-ring (bicyclic) bond motifs is 4. The molecule has 0 unspecified atom stereocenters. The SMILES string of the molecule is C1=CC(c2ccc(N(c3ccc(-c4ccccc4)cc3)c3ccc(-c4cccc5cccc(-c6ccc7c8ccccc8n(-c8cccc(-c9ccccc9)c8)c7c6)c45)cc3)cc2)=CCC1. The number of allylic oxidation sites excluding steroid dienone is 4. The summed E-state index contributed by atoms with van der Waals surface area (Å²) in [5.41, 5.74) is 19.0. The summed E-state index contributed by atoms with van der Waals surface area (Å²) in [5, 5.41) is 4.95. The van der Waals surface area contributed by atoms with Gasteiger partial charge in [-0.2, -0.15) is 0 Å². The van der Waals surface area contributed by atoms with E-state index in [1.54, 1.807) is 0 Å². The molecule has 12 rings (SSSR count). The van der Waals surface area contributed by atoms with Gasteiger partial charge in [-0.25, -0.2) is 0 Å². The molecule has 0 atom stereocenters. The van der Waals surface area contributed by atoms with E-state index in [9.17, 15) is 0 Å². The molecule has 1 aliphatic rings. The summed E-state index contributed by atoms with van der Waals surface area (Å²) in [5.74, 6) is 0. The second-order valence-corrected chi connectivity index (χ2v) is 17.2. The lowest BCUT2D eigenvalue weighted by molar-refractivity contribution is 1.04. The molecule has 0 bridgehead atoms. The molecule has 312 valence electrons. The van der Waals surface area contributed by atoms with Crippen LogP contribution in [0.4, 0.5) is 17.1 Å². The maximum absolute atomic E-state index is 2.43. The van der Waals surface area contributed by atoms with Gasteiger partial charge in [-0.15, -0.1) is 0 Å². The van der Waals surface area contributed by atoms with E-state index in [4.69, 9.17) is 0 Å². The van der Waals surface area contributed by atoms with Crippen LogP contribution in [0.5, 0.6) is 0 Å². The van der Waals surface area contributed by atoms with Crippen molar-refractivity contribution in [1.29, 1.82) is 0 Å². The Kier molecular flexibility index (Phi) is 10.0. The topological polar surface area (TPSA) is 8.17 Å². The minimum Gasteiger partial charge on any atom is -0.311 e. The maximum Gasteiger partial charge on any atom is 0.0547 e. The van der Waals surface area contributed by atoms with Crippen LogP contribution in [0.25, 0.3) is 88.3 Å². The Hall–Kier alpha value is -8.46. The number of anilines is 3. The molecular weight excluding hydrogens is 797 g/mol. The van der Waals surface area contributed by atoms with Crippen LogP contribution in [0, 0.1) is 0 Å². The zero-order valence-corrected chi connectivity index (χ0v) is 36.6. The Bertz CT molecular complexity index is 3590. The highest BCUT2D eigenvalue weighted by Gasteiger charge is 2.18. The second-order valence-electron chi connectivity index (χ2n) is 17.2. The van der Waals surface area contributed by atoms with Crippen molar-refractivity contribution in [2.75, 3.05) is 4.90 Å². The standard InChI is InChI=1S/C64H46N2/c1-4-15-45(16-5-1)48-29-36-54(37-30-48)65(55-38-31-49(32-39-55)46-17-6-2-7-18-46)56-40-33-50(34-41-56)58-26-13-21-51-22-14-27-59(64(51)58)53-35-42-61-60-25-10-11-28-62(60)66(63(61)44-53)57-24-12-23-52(43-57)47-19-8-3-9-20-47/h1,3-6,8-44H,2,7H2. The second kappa shape index (κ2) is 16.9. The van der Waals surface area contributed by atoms with Gasteiger partial charge in [0.25, 0.3) is 0 Å². The molecule has 10 aromatic carbocycles. The van der Waals surface area contributed by atoms with Gasteiger partial charge in [0.05, 0.1) is 11.0 Å². The Morgan fingerprint density at radius 3 is 1.55 bits per heavy atom. The first-order valence-corrected chi connectivity index (χ1v) is 23.0. The third kappa shape index (κ3) is 7.19. The molecule has 11 aromatic rings. The number of aromatic nitrogens is 1. The van der Waals surface area contributed by atoms with E-state index in [2.05, 4.69) is 264 Å². The van der Waals surface area contributed by atoms with Crippen LogP contribution in [0.1, 0.15) is 18.4 Å². The normalized spacial score (nSPS) is 12.5. The number of para-hydroxylation sites is 1. The fourth-order valence-corrected chi connectivity index (χ4v) is 9.99. The van der Waals surface area contributed by atoms with Crippen LogP contribution in [0.15, 0.2) is 255 Å². The molecule has 0 aliphatic heterocycles. The third-order valence-corrected chi connectivity index (χ3v) is 13.2. The number of rotatable bonds is 9. The van der Waals surface area contributed by atoms with Gasteiger partial charge in [-0.05, 0) is 140 Å². The molecule has 1 aromatic heterocycles. The first kappa shape index (κ1) is 39.2. The molecular formula is C64H46N2. The lowest BCUT2D eigenvalue weighted by atomic mass is 9.91. The van der Waals surface area contributed by atoms with Crippen molar-refractivity contribution in [2.24, 2.45) is 0 Å². The number of nitrogens with zero attached hydrogens (tertiary/aromatic N) is 2. The van der Waals surface area contributed by atoms with Gasteiger partial charge < -0.3 is 9.47 Å². The van der Waals surface area contributed by atoms with Gasteiger partial charge in [0.2, 0.25) is 0 Å². The smallest absolute Gasteiger partial charge is 0.0547 e. The van der Waals surface area contributed by atoms with E-state index in [1.165, 1.54) is 88.2 Å². The van der Waals surface area contributed by atoms with Crippen molar-refractivity contribution in [3.05, 3.63) is 260 Å². The molecule has 0 fully saturated rings. The molecule has 0 spiro atoms. The van der Waals surface area contributed by atoms with E-state index in [-0.39, 0.29) is 0 Å². The largest absolute Gasteiger partial charge is 0.311 e. The summed E-state index contributed by atoms with van der Waals surface area (Å²) in [6, 6.07) is 86.5. The monoisotopic (exact) mass is 842 g/mol. The quantitative estimate of drug-likeness (QED) is 0.141. The fraction of sp³-hybridized carbons (Fsp3) is 0.0312. The number of benzene rings is 10. The van der Waals surface area contributed by atoms with E-state index < -0.39 is 0 Å². The maximum atomic E-state index is 2.43. The highest BCUT2D eigenvalue weighted by Crippen LogP contribution is 2.42. The summed E-state index contributed by atoms with van der Waals surface area (Å²) >= 11 is 0. The van der Waals surface area contributed by atoms with Gasteiger partial charge in [0.15, 0.2) is 0 Å². The predicted octanol–water partition coefficient (Wildman–Crippen LogP) is 17.8. The Morgan fingerprint density at radius 1 is 0.348 bits per heavy atom. The lowest BCUT2D eigenvalue weighted by Crippen LogP contribution is -2.10. The van der Waals surface area contributed by atoms with E-state index >= 15 is 0 Å². The molecule has 0 amide bonds. The van der Waals surface area contributed by atoms with Gasteiger partial charge in [-0.1, -0.05) is 194 Å². The van der Waals surface area contributed by atoms with E-state index in [0.717, 1.165) is 35.6 Å². The summed E-state index contributed by atoms with van der Waals surface area (Å²) in [6.45, 7) is 0. The van der Waals surface area contributed by atoms with Gasteiger partial charge in [0.1, 0.15) is 0 Å². The van der Waals surface area contributed by atoms with E-state index in [1.807, 2.05) is 0 Å². The Balaban J connectivity index is 0.950. The fourth-order valence-electron chi connectivity index (χ4n) is 9.99. The highest BCUT2D eigenvalue weighted by atomic mass is 15.1. The molecule has 2 heteroatoms. The van der Waals surface area contributed by atoms with Crippen molar-refractivity contribution in [3.63, 3.8) is 0 Å². The molecule has 2 nitrogen and oxygen atoms in total. The number of hydrogen-bond acceptors (Lipinski definition) is 1. The Morgan fingerprint density at radius 2 is 0.879 bits per heavy atom. The lowest BCUT2D eigenvalue weighted by Gasteiger charge is -2.26. The summed E-state index contributed by atoms with van der Waals surface area (Å²) in [4.78, 5) is 2.37. The third-order valence-electron chi connectivity index (χ3n) is 13.2. The van der Waals surface area contributed by atoms with Gasteiger partial charge >= 0.3 is 0 Å². The van der Waals surface area contributed by atoms with Crippen LogP contribution >= 0.6 is 0 Å². The predicted molar refractivity (Wildman–Crippen MR) is 281 cm³/mol. The Labute approximate surface area is 386 Å². The van der Waals surface area contributed by atoms with Crippen molar-refractivity contribution in [1.82, 2.24) is 4.57 Å². The van der Waals surface area contributed by atoms with Crippen LogP contribution in [-0.4, -0.2) is 4.57 Å². The van der Waals surface area contributed by atoms with Gasteiger partial charge in [-0.3, -0.25) is 0 Å². The molecule has 1 heterocycles. The van der Waals surface area contributed by atoms with Crippen LogP contribution < -0.4 is 4.90 Å². The first-order valence-electron chi connectivity index (χ1n) is 23.0. The van der Waals surface area contributed by atoms with Crippen LogP contribution in [0.2, 0.25) is 0 Å². The van der Waals surface area contributed by atoms with Crippen LogP contribution in [-0.2, 0) is 0 Å². The van der Waals surface area contributed by atoms with Crippen molar-refractivity contribution in [2.45, 2.75) is 12.8 Å². The average molecular weight is 843 g/mol. The molecule has 0 saturated carbocycles. The van der Waals surface area contributed by atoms with E-state index in [0.29, 0.717) is 0 Å². The van der Waals surface area contributed by atoms with Crippen molar-refractivity contribution >= 4 is 55.2 Å². The number of hydrogen-bond donors (Lipinski definition) is 0. The zero-order chi connectivity index (χ0) is 43.8. The van der Waals surface area contributed by atoms with Crippen molar-refractivity contribution < 1.29 is 0 Å². The summed E-state index contributed by atoms with van der Waals surface area (Å²) in [7, 11) is 0. The molecule has 1 aliphatic carbocycles. The average Bonchev–Trinajstić information content (AvgIpc) is 3.73. The van der Waals surface area contributed by atoms with Gasteiger partial charge in [0, 0.05) is 33.5 Å². The first-order chi connectivity index (χ1) is 32.7. The molecule has 0 N–H and O–H groups in total. The summed E-state index contributed by atoms with van der Waals surface area (Å²) < 4.78 is 2.43. The summed E-state index contributed by atoms with van der Waals surface area (Å²) in [6.07, 6.45) is 9.06. The van der Waals surface area contributed by atoms with Crippen LogP contribution in [0.3, 0.4) is 0 Å².